The first kappa shape index (κ1) is 22.8. The van der Waals surface area contributed by atoms with Crippen molar-refractivity contribution in [3.63, 3.8) is 0 Å². The Hall–Kier alpha value is -2.49. The van der Waals surface area contributed by atoms with Gasteiger partial charge in [0.05, 0.1) is 12.8 Å². The second-order valence-electron chi connectivity index (χ2n) is 6.36. The molecule has 1 heterocycles. The molecule has 0 saturated carbocycles. The largest absolute Gasteiger partial charge is 0.497 e. The summed E-state index contributed by atoms with van der Waals surface area (Å²) >= 11 is 0. The number of carbonyl (C=O) groups is 1. The molecule has 3 rings (SSSR count). The number of methoxy groups -OCH3 is 1. The van der Waals surface area contributed by atoms with Gasteiger partial charge in [0.25, 0.3) is 5.91 Å². The molecule has 1 aliphatic rings. The number of ether oxygens (including phenoxy) is 2. The smallest absolute Gasteiger partial charge is 0.265 e. The topological polar surface area (TPSA) is 75.2 Å². The summed E-state index contributed by atoms with van der Waals surface area (Å²) in [6.07, 6.45) is 0.795. The van der Waals surface area contributed by atoms with E-state index >= 15 is 0 Å². The number of nitrogens with zero attached hydrogens (tertiary/aromatic N) is 2. The van der Waals surface area contributed by atoms with Crippen molar-refractivity contribution in [3.05, 3.63) is 54.1 Å². The number of carbonyl (C=O) groups excluding carboxylic acids is 1. The fourth-order valence-corrected chi connectivity index (χ4v) is 2.99. The van der Waals surface area contributed by atoms with Crippen LogP contribution in [0.1, 0.15) is 12.0 Å². The van der Waals surface area contributed by atoms with Gasteiger partial charge < -0.3 is 25.0 Å². The first-order valence-corrected chi connectivity index (χ1v) is 9.31. The molecule has 7 nitrogen and oxygen atoms in total. The third-order valence-electron chi connectivity index (χ3n) is 4.50. The first-order valence-electron chi connectivity index (χ1n) is 9.31. The Balaban J connectivity index is 0.00000300. The number of rotatable bonds is 7. The second-order valence-corrected chi connectivity index (χ2v) is 6.36. The number of fused-ring (bicyclic) bond motifs is 1. The Morgan fingerprint density at radius 3 is 2.66 bits per heavy atom. The van der Waals surface area contributed by atoms with E-state index in [9.17, 15) is 4.79 Å². The van der Waals surface area contributed by atoms with Crippen molar-refractivity contribution in [2.75, 3.05) is 38.8 Å². The zero-order valence-corrected chi connectivity index (χ0v) is 19.0. The molecule has 2 aromatic rings. The van der Waals surface area contributed by atoms with Gasteiger partial charge in [0.2, 0.25) is 0 Å². The van der Waals surface area contributed by atoms with Gasteiger partial charge in [0.1, 0.15) is 11.5 Å². The van der Waals surface area contributed by atoms with Gasteiger partial charge in [0.15, 0.2) is 12.6 Å². The number of nitrogens with one attached hydrogen (secondary N) is 2. The predicted molar refractivity (Wildman–Crippen MR) is 126 cm³/mol. The van der Waals surface area contributed by atoms with Crippen LogP contribution in [0.5, 0.6) is 11.5 Å². The van der Waals surface area contributed by atoms with E-state index in [-0.39, 0.29) is 36.5 Å². The van der Waals surface area contributed by atoms with E-state index in [0.717, 1.165) is 35.1 Å². The van der Waals surface area contributed by atoms with Crippen LogP contribution in [0, 0.1) is 0 Å². The van der Waals surface area contributed by atoms with E-state index < -0.39 is 0 Å². The average molecular weight is 510 g/mol. The Bertz CT molecular complexity index is 827. The molecule has 1 aliphatic heterocycles. The Kier molecular flexibility index (Phi) is 9.04. The van der Waals surface area contributed by atoms with Crippen LogP contribution in [-0.4, -0.2) is 45.7 Å². The van der Waals surface area contributed by atoms with E-state index in [1.807, 2.05) is 48.5 Å². The van der Waals surface area contributed by atoms with Crippen LogP contribution in [0.3, 0.4) is 0 Å². The lowest BCUT2D eigenvalue weighted by molar-refractivity contribution is -0.121. The maximum atomic E-state index is 12.2. The third-order valence-corrected chi connectivity index (χ3v) is 4.50. The highest BCUT2D eigenvalue weighted by molar-refractivity contribution is 14.0. The minimum Gasteiger partial charge on any atom is -0.497 e. The van der Waals surface area contributed by atoms with E-state index in [0.29, 0.717) is 19.6 Å². The van der Waals surface area contributed by atoms with Gasteiger partial charge in [-0.15, -0.1) is 24.0 Å². The Morgan fingerprint density at radius 1 is 1.17 bits per heavy atom. The molecule has 0 bridgehead atoms. The zero-order valence-electron chi connectivity index (χ0n) is 16.7. The van der Waals surface area contributed by atoms with Crippen LogP contribution < -0.4 is 25.0 Å². The highest BCUT2D eigenvalue weighted by atomic mass is 127. The van der Waals surface area contributed by atoms with Crippen molar-refractivity contribution in [1.29, 1.82) is 0 Å². The van der Waals surface area contributed by atoms with Crippen molar-refractivity contribution in [3.8, 4) is 11.5 Å². The van der Waals surface area contributed by atoms with Crippen LogP contribution in [0.15, 0.2) is 53.5 Å². The number of amides is 1. The molecule has 0 unspecified atom stereocenters. The standard InChI is InChI=1S/C21H26N4O3.HI/c1-22-21(24-14-16-8-10-17(27-2)11-9-16)23-12-5-13-25-18-6-3-4-7-19(18)28-15-20(25)26;/h3-4,6-11H,5,12-15H2,1-2H3,(H2,22,23,24);1H. The Labute approximate surface area is 188 Å². The number of guanidine groups is 1. The number of para-hydroxylation sites is 2. The number of hydrogen-bond donors (Lipinski definition) is 2. The van der Waals surface area contributed by atoms with Crippen LogP contribution in [-0.2, 0) is 11.3 Å². The monoisotopic (exact) mass is 510 g/mol. The zero-order chi connectivity index (χ0) is 19.8. The summed E-state index contributed by atoms with van der Waals surface area (Å²) in [5, 5.41) is 6.57. The molecule has 0 spiro atoms. The lowest BCUT2D eigenvalue weighted by Crippen LogP contribution is -2.41. The summed E-state index contributed by atoms with van der Waals surface area (Å²) in [4.78, 5) is 18.2. The van der Waals surface area contributed by atoms with E-state index in [4.69, 9.17) is 9.47 Å². The summed E-state index contributed by atoms with van der Waals surface area (Å²) in [5.74, 6) is 2.31. The molecule has 0 fully saturated rings. The number of benzene rings is 2. The van der Waals surface area contributed by atoms with Gasteiger partial charge in [0, 0.05) is 26.7 Å². The number of halogens is 1. The van der Waals surface area contributed by atoms with Gasteiger partial charge >= 0.3 is 0 Å². The summed E-state index contributed by atoms with van der Waals surface area (Å²) in [7, 11) is 3.40. The van der Waals surface area contributed by atoms with Crippen LogP contribution in [0.2, 0.25) is 0 Å². The molecule has 0 aliphatic carbocycles. The molecule has 8 heteroatoms. The lowest BCUT2D eigenvalue weighted by atomic mass is 10.2. The van der Waals surface area contributed by atoms with E-state index in [1.165, 1.54) is 0 Å². The van der Waals surface area contributed by atoms with Crippen molar-refractivity contribution in [2.45, 2.75) is 13.0 Å². The molecule has 2 aromatic carbocycles. The van der Waals surface area contributed by atoms with E-state index in [1.54, 1.807) is 19.1 Å². The van der Waals surface area contributed by atoms with Gasteiger partial charge in [-0.1, -0.05) is 24.3 Å². The molecule has 2 N–H and O–H groups in total. The normalized spacial score (nSPS) is 13.1. The fourth-order valence-electron chi connectivity index (χ4n) is 2.99. The maximum absolute atomic E-state index is 12.2. The Morgan fingerprint density at radius 2 is 1.93 bits per heavy atom. The summed E-state index contributed by atoms with van der Waals surface area (Å²) in [5.41, 5.74) is 1.97. The third kappa shape index (κ3) is 6.25. The summed E-state index contributed by atoms with van der Waals surface area (Å²) in [6.45, 7) is 2.09. The molecule has 0 aromatic heterocycles. The molecule has 0 atom stereocenters. The van der Waals surface area contributed by atoms with Gasteiger partial charge in [-0.05, 0) is 36.2 Å². The highest BCUT2D eigenvalue weighted by Gasteiger charge is 2.24. The summed E-state index contributed by atoms with van der Waals surface area (Å²) < 4.78 is 10.6. The van der Waals surface area contributed by atoms with Gasteiger partial charge in [-0.3, -0.25) is 9.79 Å². The van der Waals surface area contributed by atoms with Crippen molar-refractivity contribution < 1.29 is 14.3 Å². The maximum Gasteiger partial charge on any atom is 0.265 e. The number of hydrogen-bond acceptors (Lipinski definition) is 4. The lowest BCUT2D eigenvalue weighted by Gasteiger charge is -2.29. The number of anilines is 1. The van der Waals surface area contributed by atoms with Crippen molar-refractivity contribution in [2.24, 2.45) is 4.99 Å². The van der Waals surface area contributed by atoms with Crippen LogP contribution >= 0.6 is 24.0 Å². The molecule has 0 saturated heterocycles. The molecule has 1 amide bonds. The molecular weight excluding hydrogens is 483 g/mol. The van der Waals surface area contributed by atoms with Gasteiger partial charge in [-0.25, -0.2) is 0 Å². The minimum atomic E-state index is -0.0132. The molecule has 156 valence electrons. The highest BCUT2D eigenvalue weighted by Crippen LogP contribution is 2.31. The van der Waals surface area contributed by atoms with Crippen molar-refractivity contribution in [1.82, 2.24) is 10.6 Å². The van der Waals surface area contributed by atoms with Crippen molar-refractivity contribution >= 4 is 41.5 Å². The minimum absolute atomic E-state index is 0. The van der Waals surface area contributed by atoms with Crippen LogP contribution in [0.25, 0.3) is 0 Å². The molecule has 29 heavy (non-hydrogen) atoms. The first-order chi connectivity index (χ1) is 13.7. The number of aliphatic imine (C=N–C) groups is 1. The predicted octanol–water partition coefficient (Wildman–Crippen LogP) is 2.79. The van der Waals surface area contributed by atoms with Crippen LogP contribution in [0.4, 0.5) is 5.69 Å². The molecular formula is C21H27IN4O3. The van der Waals surface area contributed by atoms with Gasteiger partial charge in [-0.2, -0.15) is 0 Å². The second kappa shape index (κ2) is 11.5. The van der Waals surface area contributed by atoms with E-state index in [2.05, 4.69) is 15.6 Å². The summed E-state index contributed by atoms with van der Waals surface area (Å²) in [6, 6.07) is 15.5. The average Bonchev–Trinajstić information content (AvgIpc) is 2.74. The fraction of sp³-hybridized carbons (Fsp3) is 0.333. The quantitative estimate of drug-likeness (QED) is 0.260. The molecule has 0 radical (unpaired) electrons. The SMILES string of the molecule is CN=C(NCCCN1C(=O)COc2ccccc21)NCc1ccc(OC)cc1.I.